The first-order valence-corrected chi connectivity index (χ1v) is 8.63. The second kappa shape index (κ2) is 8.70. The summed E-state index contributed by atoms with van der Waals surface area (Å²) in [6, 6.07) is 14.5. The molecule has 0 saturated heterocycles. The molecule has 0 aliphatic heterocycles. The fourth-order valence-electron chi connectivity index (χ4n) is 2.91. The third-order valence-corrected chi connectivity index (χ3v) is 4.28. The number of nitrogens with zero attached hydrogens (tertiary/aromatic N) is 3. The topological polar surface area (TPSA) is 71.7 Å². The summed E-state index contributed by atoms with van der Waals surface area (Å²) < 4.78 is 7.60. The lowest BCUT2D eigenvalue weighted by atomic mass is 10.1. The molecule has 0 fully saturated rings. The van der Waals surface area contributed by atoms with E-state index in [1.165, 1.54) is 11.1 Å². The lowest BCUT2D eigenvalue weighted by Gasteiger charge is -2.07. The van der Waals surface area contributed by atoms with Crippen molar-refractivity contribution in [1.29, 1.82) is 0 Å². The van der Waals surface area contributed by atoms with Gasteiger partial charge in [0.15, 0.2) is 5.76 Å². The first-order valence-electron chi connectivity index (χ1n) is 8.63. The highest BCUT2D eigenvalue weighted by Gasteiger charge is 2.10. The number of rotatable bonds is 7. The highest BCUT2D eigenvalue weighted by atomic mass is 35.5. The van der Waals surface area contributed by atoms with E-state index in [1.54, 1.807) is 6.20 Å². The Bertz CT molecular complexity index is 957. The molecule has 7 heteroatoms. The first-order chi connectivity index (χ1) is 12.8. The number of furan rings is 1. The highest BCUT2D eigenvalue weighted by Crippen LogP contribution is 2.23. The van der Waals surface area contributed by atoms with E-state index in [0.29, 0.717) is 0 Å². The molecule has 0 amide bonds. The van der Waals surface area contributed by atoms with Crippen molar-refractivity contribution in [2.24, 2.45) is 0 Å². The summed E-state index contributed by atoms with van der Waals surface area (Å²) in [4.78, 5) is 0. The van der Waals surface area contributed by atoms with Crippen LogP contribution in [0.25, 0.3) is 11.5 Å². The van der Waals surface area contributed by atoms with Gasteiger partial charge in [-0.3, -0.25) is 9.78 Å². The summed E-state index contributed by atoms with van der Waals surface area (Å²) in [6.07, 6.45) is 5.61. The fraction of sp³-hybridized carbons (Fsp3) is 0.200. The molecule has 6 nitrogen and oxygen atoms in total. The first kappa shape index (κ1) is 18.9. The zero-order valence-corrected chi connectivity index (χ0v) is 15.9. The van der Waals surface area contributed by atoms with Crippen LogP contribution in [0, 0.1) is 6.92 Å². The number of H-pyrrole nitrogens is 1. The SMILES string of the molecule is Cc1ccc(-c2[nH]ncc2CNCc2ccc(Cn3cccn3)cc2)o1.Cl. The van der Waals surface area contributed by atoms with Crippen LogP contribution in [0.1, 0.15) is 22.5 Å². The van der Waals surface area contributed by atoms with Gasteiger partial charge in [0, 0.05) is 31.0 Å². The maximum absolute atomic E-state index is 5.68. The molecule has 140 valence electrons. The van der Waals surface area contributed by atoms with Crippen LogP contribution in [-0.2, 0) is 19.6 Å². The molecular weight excluding hydrogens is 362 g/mol. The van der Waals surface area contributed by atoms with Gasteiger partial charge in [-0.1, -0.05) is 24.3 Å². The molecule has 0 radical (unpaired) electrons. The van der Waals surface area contributed by atoms with Gasteiger partial charge in [0.05, 0.1) is 12.7 Å². The lowest BCUT2D eigenvalue weighted by molar-refractivity contribution is 0.545. The summed E-state index contributed by atoms with van der Waals surface area (Å²) in [5.74, 6) is 1.71. The minimum absolute atomic E-state index is 0. The number of nitrogens with one attached hydrogen (secondary N) is 2. The van der Waals surface area contributed by atoms with E-state index in [1.807, 2.05) is 42.2 Å². The van der Waals surface area contributed by atoms with Crippen molar-refractivity contribution >= 4 is 12.4 Å². The van der Waals surface area contributed by atoms with Crippen LogP contribution in [0.5, 0.6) is 0 Å². The molecule has 4 rings (SSSR count). The van der Waals surface area contributed by atoms with Crippen LogP contribution in [-0.4, -0.2) is 20.0 Å². The van der Waals surface area contributed by atoms with Crippen LogP contribution < -0.4 is 5.32 Å². The standard InChI is InChI=1S/C20H21N5O.ClH/c1-15-3-8-19(26-15)20-18(13-22-24-20)12-21-11-16-4-6-17(7-5-16)14-25-10-2-9-23-25;/h2-10,13,21H,11-12,14H2,1H3,(H,22,24);1H. The Morgan fingerprint density at radius 3 is 2.59 bits per heavy atom. The summed E-state index contributed by atoms with van der Waals surface area (Å²) in [5.41, 5.74) is 4.51. The van der Waals surface area contributed by atoms with Crippen molar-refractivity contribution in [2.45, 2.75) is 26.6 Å². The summed E-state index contributed by atoms with van der Waals surface area (Å²) in [7, 11) is 0. The lowest BCUT2D eigenvalue weighted by Crippen LogP contribution is -2.13. The third-order valence-electron chi connectivity index (χ3n) is 4.28. The van der Waals surface area contributed by atoms with Crippen LogP contribution in [0.3, 0.4) is 0 Å². The molecule has 0 aliphatic carbocycles. The minimum Gasteiger partial charge on any atom is -0.460 e. The van der Waals surface area contributed by atoms with Gasteiger partial charge in [0.25, 0.3) is 0 Å². The number of halogens is 1. The van der Waals surface area contributed by atoms with Crippen molar-refractivity contribution in [3.63, 3.8) is 0 Å². The number of aromatic amines is 1. The number of benzene rings is 1. The second-order valence-corrected chi connectivity index (χ2v) is 6.30. The van der Waals surface area contributed by atoms with E-state index in [9.17, 15) is 0 Å². The average Bonchev–Trinajstić information content (AvgIpc) is 3.38. The van der Waals surface area contributed by atoms with E-state index < -0.39 is 0 Å². The number of hydrogen-bond donors (Lipinski definition) is 2. The smallest absolute Gasteiger partial charge is 0.152 e. The van der Waals surface area contributed by atoms with Crippen LogP contribution >= 0.6 is 12.4 Å². The molecule has 0 aliphatic rings. The molecule has 4 aromatic rings. The van der Waals surface area contributed by atoms with E-state index in [-0.39, 0.29) is 12.4 Å². The van der Waals surface area contributed by atoms with Gasteiger partial charge in [-0.15, -0.1) is 12.4 Å². The van der Waals surface area contributed by atoms with Gasteiger partial charge < -0.3 is 9.73 Å². The van der Waals surface area contributed by atoms with Gasteiger partial charge in [-0.25, -0.2) is 0 Å². The van der Waals surface area contributed by atoms with Crippen LogP contribution in [0.4, 0.5) is 0 Å². The van der Waals surface area contributed by atoms with E-state index in [4.69, 9.17) is 4.42 Å². The predicted molar refractivity (Wildman–Crippen MR) is 107 cm³/mol. The molecule has 0 bridgehead atoms. The molecule has 2 N–H and O–H groups in total. The Balaban J connectivity index is 0.00000210. The molecule has 3 heterocycles. The number of aromatic nitrogens is 4. The van der Waals surface area contributed by atoms with E-state index in [2.05, 4.69) is 44.9 Å². The Labute approximate surface area is 164 Å². The number of aryl methyl sites for hydroxylation is 1. The minimum atomic E-state index is 0. The second-order valence-electron chi connectivity index (χ2n) is 6.30. The molecule has 1 aromatic carbocycles. The Morgan fingerprint density at radius 1 is 1.07 bits per heavy atom. The molecule has 0 saturated carbocycles. The quantitative estimate of drug-likeness (QED) is 0.507. The van der Waals surface area contributed by atoms with Gasteiger partial charge >= 0.3 is 0 Å². The zero-order chi connectivity index (χ0) is 17.8. The number of hydrogen-bond acceptors (Lipinski definition) is 4. The maximum Gasteiger partial charge on any atom is 0.152 e. The van der Waals surface area contributed by atoms with Crippen LogP contribution in [0.2, 0.25) is 0 Å². The molecule has 0 unspecified atom stereocenters. The van der Waals surface area contributed by atoms with Gasteiger partial charge in [-0.2, -0.15) is 10.2 Å². The summed E-state index contributed by atoms with van der Waals surface area (Å²) in [5, 5.41) is 14.9. The summed E-state index contributed by atoms with van der Waals surface area (Å²) >= 11 is 0. The van der Waals surface area contributed by atoms with Crippen molar-refractivity contribution in [3.8, 4) is 11.5 Å². The van der Waals surface area contributed by atoms with Crippen molar-refractivity contribution < 1.29 is 4.42 Å². The van der Waals surface area contributed by atoms with Gasteiger partial charge in [-0.05, 0) is 36.2 Å². The van der Waals surface area contributed by atoms with Crippen molar-refractivity contribution in [2.75, 3.05) is 0 Å². The van der Waals surface area contributed by atoms with Gasteiger partial charge in [0.1, 0.15) is 11.5 Å². The van der Waals surface area contributed by atoms with Gasteiger partial charge in [0.2, 0.25) is 0 Å². The monoisotopic (exact) mass is 383 g/mol. The Hall–Kier alpha value is -2.83. The molecule has 0 atom stereocenters. The average molecular weight is 384 g/mol. The van der Waals surface area contributed by atoms with Crippen LogP contribution in [0.15, 0.2) is 65.5 Å². The maximum atomic E-state index is 5.68. The Kier molecular flexibility index (Phi) is 6.11. The normalized spacial score (nSPS) is 10.7. The summed E-state index contributed by atoms with van der Waals surface area (Å²) in [6.45, 7) is 4.25. The Morgan fingerprint density at radius 2 is 1.89 bits per heavy atom. The zero-order valence-electron chi connectivity index (χ0n) is 15.1. The highest BCUT2D eigenvalue weighted by molar-refractivity contribution is 5.85. The molecule has 27 heavy (non-hydrogen) atoms. The fourth-order valence-corrected chi connectivity index (χ4v) is 2.91. The van der Waals surface area contributed by atoms with E-state index in [0.717, 1.165) is 42.4 Å². The molecular formula is C20H22ClN5O. The van der Waals surface area contributed by atoms with E-state index >= 15 is 0 Å². The predicted octanol–water partition coefficient (Wildman–Crippen LogP) is 3.93. The molecule has 0 spiro atoms. The largest absolute Gasteiger partial charge is 0.460 e. The molecule has 3 aromatic heterocycles. The van der Waals surface area contributed by atoms with Crippen molar-refractivity contribution in [3.05, 3.63) is 83.5 Å². The van der Waals surface area contributed by atoms with Crippen molar-refractivity contribution in [1.82, 2.24) is 25.3 Å². The third kappa shape index (κ3) is 4.67.